The van der Waals surface area contributed by atoms with Gasteiger partial charge in [0, 0.05) is 26.8 Å². The van der Waals surface area contributed by atoms with Crippen LogP contribution < -0.4 is 5.32 Å². The Morgan fingerprint density at radius 1 is 1.37 bits per heavy atom. The fraction of sp³-hybridized carbons (Fsp3) is 0.333. The van der Waals surface area contributed by atoms with Gasteiger partial charge in [0.05, 0.1) is 0 Å². The summed E-state index contributed by atoms with van der Waals surface area (Å²) in [5, 5.41) is 6.52. The van der Waals surface area contributed by atoms with Gasteiger partial charge in [-0.2, -0.15) is 0 Å². The molecule has 0 radical (unpaired) electrons. The molecule has 0 bridgehead atoms. The molecule has 1 aromatic carbocycles. The smallest absolute Gasteiger partial charge is 0.0409 e. The Labute approximate surface area is 132 Å². The molecule has 1 nitrogen and oxygen atoms in total. The molecule has 2 aromatic rings. The lowest BCUT2D eigenvalue weighted by Crippen LogP contribution is -2.23. The molecule has 0 fully saturated rings. The van der Waals surface area contributed by atoms with Crippen molar-refractivity contribution < 1.29 is 0 Å². The van der Waals surface area contributed by atoms with Gasteiger partial charge in [-0.3, -0.25) is 0 Å². The number of benzene rings is 1. The first kappa shape index (κ1) is 15.0. The summed E-state index contributed by atoms with van der Waals surface area (Å²) in [7, 11) is 0. The van der Waals surface area contributed by atoms with Gasteiger partial charge < -0.3 is 5.32 Å². The first-order valence-electron chi connectivity index (χ1n) is 6.41. The standard InChI is InChI=1S/C15H17BrClNS/c1-2-7-18-14(10-15-13(16)6-8-19-15)11-4-3-5-12(17)9-11/h3-6,8-9,14,18H,2,7,10H2,1H3. The highest BCUT2D eigenvalue weighted by molar-refractivity contribution is 9.10. The topological polar surface area (TPSA) is 12.0 Å². The second kappa shape index (κ2) is 7.44. The monoisotopic (exact) mass is 357 g/mol. The summed E-state index contributed by atoms with van der Waals surface area (Å²) >= 11 is 11.5. The van der Waals surface area contributed by atoms with E-state index in [0.29, 0.717) is 6.04 Å². The summed E-state index contributed by atoms with van der Waals surface area (Å²) in [4.78, 5) is 1.37. The average molecular weight is 359 g/mol. The van der Waals surface area contributed by atoms with E-state index in [1.165, 1.54) is 14.9 Å². The van der Waals surface area contributed by atoms with Crippen LogP contribution in [0.4, 0.5) is 0 Å². The minimum atomic E-state index is 0.314. The quantitative estimate of drug-likeness (QED) is 0.724. The highest BCUT2D eigenvalue weighted by Crippen LogP contribution is 2.29. The molecule has 19 heavy (non-hydrogen) atoms. The van der Waals surface area contributed by atoms with Gasteiger partial charge in [0.25, 0.3) is 0 Å². The minimum Gasteiger partial charge on any atom is -0.310 e. The van der Waals surface area contributed by atoms with Crippen molar-refractivity contribution in [3.05, 3.63) is 55.6 Å². The maximum absolute atomic E-state index is 6.10. The van der Waals surface area contributed by atoms with Crippen LogP contribution in [0.2, 0.25) is 5.02 Å². The van der Waals surface area contributed by atoms with Crippen molar-refractivity contribution in [2.45, 2.75) is 25.8 Å². The lowest BCUT2D eigenvalue weighted by Gasteiger charge is -2.19. The molecule has 1 aromatic heterocycles. The molecule has 0 aliphatic heterocycles. The van der Waals surface area contributed by atoms with Crippen LogP contribution in [0.1, 0.15) is 29.8 Å². The second-order valence-electron chi connectivity index (χ2n) is 4.46. The molecule has 0 saturated heterocycles. The van der Waals surface area contributed by atoms with Crippen molar-refractivity contribution in [3.63, 3.8) is 0 Å². The third-order valence-corrected chi connectivity index (χ3v) is 5.16. The molecule has 0 aliphatic carbocycles. The van der Waals surface area contributed by atoms with E-state index in [0.717, 1.165) is 24.4 Å². The zero-order valence-corrected chi connectivity index (χ0v) is 14.0. The highest BCUT2D eigenvalue weighted by Gasteiger charge is 2.14. The van der Waals surface area contributed by atoms with Gasteiger partial charge >= 0.3 is 0 Å². The van der Waals surface area contributed by atoms with Gasteiger partial charge in [-0.15, -0.1) is 11.3 Å². The molecule has 1 N–H and O–H groups in total. The molecular weight excluding hydrogens is 342 g/mol. The molecule has 4 heteroatoms. The van der Waals surface area contributed by atoms with Crippen LogP contribution in [0.15, 0.2) is 40.2 Å². The van der Waals surface area contributed by atoms with E-state index in [9.17, 15) is 0 Å². The fourth-order valence-electron chi connectivity index (χ4n) is 2.01. The van der Waals surface area contributed by atoms with E-state index in [1.54, 1.807) is 11.3 Å². The maximum Gasteiger partial charge on any atom is 0.0409 e. The second-order valence-corrected chi connectivity index (χ2v) is 6.75. The van der Waals surface area contributed by atoms with Gasteiger partial charge in [-0.1, -0.05) is 30.7 Å². The molecule has 0 spiro atoms. The Morgan fingerprint density at radius 2 is 2.21 bits per heavy atom. The van der Waals surface area contributed by atoms with Crippen LogP contribution in [0, 0.1) is 0 Å². The summed E-state index contributed by atoms with van der Waals surface area (Å²) in [5.41, 5.74) is 1.25. The number of rotatable bonds is 6. The maximum atomic E-state index is 6.10. The Hall–Kier alpha value is -0.350. The number of nitrogens with one attached hydrogen (secondary N) is 1. The SMILES string of the molecule is CCCNC(Cc1sccc1Br)c1cccc(Cl)c1. The van der Waals surface area contributed by atoms with Crippen molar-refractivity contribution in [1.29, 1.82) is 0 Å². The molecule has 0 saturated carbocycles. The van der Waals surface area contributed by atoms with Gasteiger partial charge in [0.15, 0.2) is 0 Å². The van der Waals surface area contributed by atoms with Crippen LogP contribution in [-0.2, 0) is 6.42 Å². The van der Waals surface area contributed by atoms with Crippen molar-refractivity contribution in [2.75, 3.05) is 6.54 Å². The molecule has 1 unspecified atom stereocenters. The first-order chi connectivity index (χ1) is 9.20. The van der Waals surface area contributed by atoms with Crippen molar-refractivity contribution in [1.82, 2.24) is 5.32 Å². The predicted octanol–water partition coefficient (Wildman–Crippen LogP) is 5.45. The van der Waals surface area contributed by atoms with Gasteiger partial charge in [0.1, 0.15) is 0 Å². The van der Waals surface area contributed by atoms with Crippen LogP contribution >= 0.6 is 38.9 Å². The highest BCUT2D eigenvalue weighted by atomic mass is 79.9. The number of hydrogen-bond donors (Lipinski definition) is 1. The molecule has 1 heterocycles. The average Bonchev–Trinajstić information content (AvgIpc) is 2.80. The normalized spacial score (nSPS) is 12.6. The Balaban J connectivity index is 2.18. The number of halogens is 2. The summed E-state index contributed by atoms with van der Waals surface area (Å²) in [5.74, 6) is 0. The zero-order chi connectivity index (χ0) is 13.7. The summed E-state index contributed by atoms with van der Waals surface area (Å²) < 4.78 is 1.20. The van der Waals surface area contributed by atoms with Crippen molar-refractivity contribution in [3.8, 4) is 0 Å². The van der Waals surface area contributed by atoms with Crippen LogP contribution in [0.25, 0.3) is 0 Å². The molecule has 2 rings (SSSR count). The Kier molecular flexibility index (Phi) is 5.89. The third kappa shape index (κ3) is 4.32. The van der Waals surface area contributed by atoms with E-state index in [4.69, 9.17) is 11.6 Å². The van der Waals surface area contributed by atoms with Crippen LogP contribution in [0.3, 0.4) is 0 Å². The lowest BCUT2D eigenvalue weighted by atomic mass is 10.0. The van der Waals surface area contributed by atoms with E-state index >= 15 is 0 Å². The minimum absolute atomic E-state index is 0.314. The zero-order valence-electron chi connectivity index (χ0n) is 10.8. The summed E-state index contributed by atoms with van der Waals surface area (Å²) in [6, 6.07) is 10.5. The summed E-state index contributed by atoms with van der Waals surface area (Å²) in [6.07, 6.45) is 2.11. The molecule has 0 amide bonds. The molecule has 1 atom stereocenters. The van der Waals surface area contributed by atoms with E-state index in [-0.39, 0.29) is 0 Å². The van der Waals surface area contributed by atoms with E-state index in [1.807, 2.05) is 12.1 Å². The van der Waals surface area contributed by atoms with Gasteiger partial charge in [-0.25, -0.2) is 0 Å². The molecule has 102 valence electrons. The third-order valence-electron chi connectivity index (χ3n) is 2.97. The lowest BCUT2D eigenvalue weighted by molar-refractivity contribution is 0.532. The van der Waals surface area contributed by atoms with Crippen LogP contribution in [-0.4, -0.2) is 6.54 Å². The van der Waals surface area contributed by atoms with Crippen molar-refractivity contribution in [2.24, 2.45) is 0 Å². The van der Waals surface area contributed by atoms with E-state index < -0.39 is 0 Å². The fourth-order valence-corrected chi connectivity index (χ4v) is 3.77. The van der Waals surface area contributed by atoms with Crippen molar-refractivity contribution >= 4 is 38.9 Å². The summed E-state index contributed by atoms with van der Waals surface area (Å²) in [6.45, 7) is 3.20. The van der Waals surface area contributed by atoms with Gasteiger partial charge in [-0.05, 0) is 58.0 Å². The number of hydrogen-bond acceptors (Lipinski definition) is 2. The molecular formula is C15H17BrClNS. The Bertz CT molecular complexity index is 526. The molecule has 0 aliphatic rings. The van der Waals surface area contributed by atoms with E-state index in [2.05, 4.69) is 51.7 Å². The van der Waals surface area contributed by atoms with Crippen LogP contribution in [0.5, 0.6) is 0 Å². The Morgan fingerprint density at radius 3 is 2.84 bits per heavy atom. The van der Waals surface area contributed by atoms with Gasteiger partial charge in [0.2, 0.25) is 0 Å². The predicted molar refractivity (Wildman–Crippen MR) is 88.2 cm³/mol. The largest absolute Gasteiger partial charge is 0.310 e. The first-order valence-corrected chi connectivity index (χ1v) is 8.46. The number of thiophene rings is 1.